The molecule has 1 saturated heterocycles. The minimum absolute atomic E-state index is 0.125. The molecule has 0 aliphatic carbocycles. The Hall–Kier alpha value is -1.91. The molecule has 1 aliphatic heterocycles. The maximum absolute atomic E-state index is 12.8. The van der Waals surface area contributed by atoms with Crippen molar-refractivity contribution in [2.24, 2.45) is 0 Å². The van der Waals surface area contributed by atoms with Crippen LogP contribution in [0.5, 0.6) is 0 Å². The molecule has 0 bridgehead atoms. The van der Waals surface area contributed by atoms with E-state index in [2.05, 4.69) is 5.32 Å². The number of nitrogens with zero attached hydrogens (tertiary/aromatic N) is 1. The minimum Gasteiger partial charge on any atom is -0.348 e. The van der Waals surface area contributed by atoms with Gasteiger partial charge in [0.05, 0.1) is 0 Å². The second-order valence-electron chi connectivity index (χ2n) is 4.82. The lowest BCUT2D eigenvalue weighted by molar-refractivity contribution is -0.127. The van der Waals surface area contributed by atoms with Gasteiger partial charge in [0.2, 0.25) is 5.91 Å². The quantitative estimate of drug-likeness (QED) is 0.897. The van der Waals surface area contributed by atoms with Crippen molar-refractivity contribution in [3.05, 3.63) is 35.6 Å². The first-order valence-corrected chi connectivity index (χ1v) is 6.40. The third-order valence-electron chi connectivity index (χ3n) is 3.15. The minimum atomic E-state index is -0.368. The molecule has 1 N–H and O–H groups in total. The van der Waals surface area contributed by atoms with Crippen molar-refractivity contribution >= 4 is 11.8 Å². The van der Waals surface area contributed by atoms with Gasteiger partial charge in [0.15, 0.2) is 0 Å². The summed E-state index contributed by atoms with van der Waals surface area (Å²) in [6.45, 7) is 3.13. The van der Waals surface area contributed by atoms with Crippen LogP contribution in [0.25, 0.3) is 0 Å². The van der Waals surface area contributed by atoms with Gasteiger partial charge in [-0.15, -0.1) is 0 Å². The second kappa shape index (κ2) is 5.82. The van der Waals surface area contributed by atoms with E-state index in [1.54, 1.807) is 4.90 Å². The zero-order valence-electron chi connectivity index (χ0n) is 10.9. The maximum atomic E-state index is 12.8. The Morgan fingerprint density at radius 1 is 1.42 bits per heavy atom. The Morgan fingerprint density at radius 2 is 2.11 bits per heavy atom. The predicted molar refractivity (Wildman–Crippen MR) is 69.1 cm³/mol. The van der Waals surface area contributed by atoms with Crippen molar-refractivity contribution in [1.82, 2.24) is 10.2 Å². The van der Waals surface area contributed by atoms with Crippen molar-refractivity contribution in [3.63, 3.8) is 0 Å². The lowest BCUT2D eigenvalue weighted by atomic mass is 10.2. The molecule has 0 spiro atoms. The third-order valence-corrected chi connectivity index (χ3v) is 3.15. The topological polar surface area (TPSA) is 49.4 Å². The zero-order valence-corrected chi connectivity index (χ0v) is 10.9. The molecule has 19 heavy (non-hydrogen) atoms. The SMILES string of the molecule is CC(CN1CCCC1=O)NC(=O)c1ccc(F)cc1. The molecule has 1 atom stereocenters. The molecule has 2 amide bonds. The number of carbonyl (C=O) groups is 2. The van der Waals surface area contributed by atoms with Crippen LogP contribution >= 0.6 is 0 Å². The van der Waals surface area contributed by atoms with Crippen LogP contribution in [0.1, 0.15) is 30.1 Å². The molecule has 1 aliphatic rings. The summed E-state index contributed by atoms with van der Waals surface area (Å²) < 4.78 is 12.8. The van der Waals surface area contributed by atoms with Crippen molar-refractivity contribution in [3.8, 4) is 0 Å². The first-order chi connectivity index (χ1) is 9.06. The van der Waals surface area contributed by atoms with E-state index in [1.807, 2.05) is 6.92 Å². The summed E-state index contributed by atoms with van der Waals surface area (Å²) in [7, 11) is 0. The molecule has 0 aromatic heterocycles. The molecule has 4 nitrogen and oxygen atoms in total. The first-order valence-electron chi connectivity index (χ1n) is 6.40. The van der Waals surface area contributed by atoms with Gasteiger partial charge in [0, 0.05) is 31.1 Å². The van der Waals surface area contributed by atoms with Crippen LogP contribution in [-0.4, -0.2) is 35.8 Å². The summed E-state index contributed by atoms with van der Waals surface area (Å²) in [6, 6.07) is 5.27. The zero-order chi connectivity index (χ0) is 13.8. The highest BCUT2D eigenvalue weighted by molar-refractivity contribution is 5.94. The Balaban J connectivity index is 1.87. The van der Waals surface area contributed by atoms with Gasteiger partial charge in [-0.1, -0.05) is 0 Å². The molecule has 1 aromatic carbocycles. The van der Waals surface area contributed by atoms with Crippen molar-refractivity contribution < 1.29 is 14.0 Å². The van der Waals surface area contributed by atoms with E-state index in [9.17, 15) is 14.0 Å². The highest BCUT2D eigenvalue weighted by atomic mass is 19.1. The largest absolute Gasteiger partial charge is 0.348 e. The number of rotatable bonds is 4. The Bertz CT molecular complexity index is 473. The van der Waals surface area contributed by atoms with E-state index in [-0.39, 0.29) is 23.7 Å². The predicted octanol–water partition coefficient (Wildman–Crippen LogP) is 1.57. The van der Waals surface area contributed by atoms with Gasteiger partial charge in [-0.05, 0) is 37.6 Å². The molecule has 1 heterocycles. The van der Waals surface area contributed by atoms with Gasteiger partial charge in [-0.3, -0.25) is 9.59 Å². The standard InChI is InChI=1S/C14H17FN2O2/c1-10(9-17-8-2-3-13(17)18)16-14(19)11-4-6-12(15)7-5-11/h4-7,10H,2-3,8-9H2,1H3,(H,16,19). The molecule has 1 unspecified atom stereocenters. The van der Waals surface area contributed by atoms with Crippen LogP contribution in [0.4, 0.5) is 4.39 Å². The van der Waals surface area contributed by atoms with Crippen LogP contribution in [0.15, 0.2) is 24.3 Å². The van der Waals surface area contributed by atoms with Crippen LogP contribution in [0.2, 0.25) is 0 Å². The Kier molecular flexibility index (Phi) is 4.14. The molecule has 0 radical (unpaired) electrons. The van der Waals surface area contributed by atoms with Gasteiger partial charge < -0.3 is 10.2 Å². The van der Waals surface area contributed by atoms with E-state index in [1.165, 1.54) is 24.3 Å². The highest BCUT2D eigenvalue weighted by Crippen LogP contribution is 2.10. The van der Waals surface area contributed by atoms with Crippen LogP contribution in [-0.2, 0) is 4.79 Å². The summed E-state index contributed by atoms with van der Waals surface area (Å²) in [5, 5.41) is 2.81. The van der Waals surface area contributed by atoms with Gasteiger partial charge in [0.1, 0.15) is 5.82 Å². The highest BCUT2D eigenvalue weighted by Gasteiger charge is 2.22. The van der Waals surface area contributed by atoms with Gasteiger partial charge in [-0.25, -0.2) is 4.39 Å². The van der Waals surface area contributed by atoms with Gasteiger partial charge >= 0.3 is 0 Å². The summed E-state index contributed by atoms with van der Waals surface area (Å²) in [4.78, 5) is 25.1. The summed E-state index contributed by atoms with van der Waals surface area (Å²) in [5.74, 6) is -0.478. The number of nitrogens with one attached hydrogen (secondary N) is 1. The summed E-state index contributed by atoms with van der Waals surface area (Å²) >= 11 is 0. The summed E-state index contributed by atoms with van der Waals surface area (Å²) in [5.41, 5.74) is 0.418. The third kappa shape index (κ3) is 3.53. The molecule has 5 heteroatoms. The normalized spacial score (nSPS) is 16.5. The van der Waals surface area contributed by atoms with Crippen LogP contribution < -0.4 is 5.32 Å². The van der Waals surface area contributed by atoms with Gasteiger partial charge in [0.25, 0.3) is 5.91 Å². The molecule has 102 valence electrons. The average Bonchev–Trinajstić information content (AvgIpc) is 2.75. The van der Waals surface area contributed by atoms with Crippen LogP contribution in [0.3, 0.4) is 0 Å². The van der Waals surface area contributed by atoms with E-state index in [4.69, 9.17) is 0 Å². The molecule has 1 fully saturated rings. The number of benzene rings is 1. The van der Waals surface area contributed by atoms with E-state index in [0.717, 1.165) is 13.0 Å². The second-order valence-corrected chi connectivity index (χ2v) is 4.82. The van der Waals surface area contributed by atoms with Crippen molar-refractivity contribution in [2.75, 3.05) is 13.1 Å². The molecular formula is C14H17FN2O2. The summed E-state index contributed by atoms with van der Waals surface area (Å²) in [6.07, 6.45) is 1.48. The van der Waals surface area contributed by atoms with E-state index in [0.29, 0.717) is 18.5 Å². The van der Waals surface area contributed by atoms with E-state index >= 15 is 0 Å². The Morgan fingerprint density at radius 3 is 2.68 bits per heavy atom. The number of carbonyl (C=O) groups excluding carboxylic acids is 2. The molecular weight excluding hydrogens is 247 g/mol. The molecule has 0 saturated carbocycles. The lowest BCUT2D eigenvalue weighted by Gasteiger charge is -2.21. The molecule has 2 rings (SSSR count). The van der Waals surface area contributed by atoms with Crippen molar-refractivity contribution in [2.45, 2.75) is 25.8 Å². The average molecular weight is 264 g/mol. The van der Waals surface area contributed by atoms with Crippen molar-refractivity contribution in [1.29, 1.82) is 0 Å². The van der Waals surface area contributed by atoms with Crippen LogP contribution in [0, 0.1) is 5.82 Å². The van der Waals surface area contributed by atoms with Gasteiger partial charge in [-0.2, -0.15) is 0 Å². The number of hydrogen-bond donors (Lipinski definition) is 1. The number of likely N-dealkylation sites (tertiary alicyclic amines) is 1. The number of amides is 2. The fourth-order valence-corrected chi connectivity index (χ4v) is 2.18. The first kappa shape index (κ1) is 13.5. The maximum Gasteiger partial charge on any atom is 0.251 e. The fraction of sp³-hybridized carbons (Fsp3) is 0.429. The van der Waals surface area contributed by atoms with E-state index < -0.39 is 0 Å². The number of hydrogen-bond acceptors (Lipinski definition) is 2. The fourth-order valence-electron chi connectivity index (χ4n) is 2.18. The smallest absolute Gasteiger partial charge is 0.251 e. The number of halogens is 1. The monoisotopic (exact) mass is 264 g/mol. The lowest BCUT2D eigenvalue weighted by Crippen LogP contribution is -2.42. The molecule has 1 aromatic rings. The Labute approximate surface area is 111 Å².